The van der Waals surface area contributed by atoms with E-state index in [1.165, 1.54) is 0 Å². The molecule has 0 spiro atoms. The van der Waals surface area contributed by atoms with Crippen LogP contribution < -0.4 is 10.6 Å². The van der Waals surface area contributed by atoms with Gasteiger partial charge in [0.05, 0.1) is 12.4 Å². The van der Waals surface area contributed by atoms with Crippen LogP contribution in [0.1, 0.15) is 49.9 Å². The Labute approximate surface area is 179 Å². The summed E-state index contributed by atoms with van der Waals surface area (Å²) in [6, 6.07) is 20.3. The maximum Gasteiger partial charge on any atom is 0.264 e. The Kier molecular flexibility index (Phi) is 7.65. The van der Waals surface area contributed by atoms with E-state index < -0.39 is 22.3 Å². The average Bonchev–Trinajstić information content (AvgIpc) is 2.71. The van der Waals surface area contributed by atoms with Gasteiger partial charge < -0.3 is 15.7 Å². The van der Waals surface area contributed by atoms with Crippen molar-refractivity contribution in [3.05, 3.63) is 71.8 Å². The van der Waals surface area contributed by atoms with Crippen molar-refractivity contribution in [3.63, 3.8) is 0 Å². The molecule has 0 saturated heterocycles. The molecule has 7 heteroatoms. The molecule has 0 radical (unpaired) electrons. The van der Waals surface area contributed by atoms with Crippen LogP contribution in [0.3, 0.4) is 0 Å². The molecule has 2 aromatic rings. The topological polar surface area (TPSA) is 87.7 Å². The summed E-state index contributed by atoms with van der Waals surface area (Å²) in [5, 5.41) is 17.9. The third-order valence-corrected chi connectivity index (χ3v) is 6.32. The van der Waals surface area contributed by atoms with Gasteiger partial charge in [0.2, 0.25) is 0 Å². The SMILES string of the molecule is C[C@H](N[C@@H]1C[C@@H](O)[C@H](OS(C)(=O)=O)C[C@H]1N[C@@H](C)c1ccccc1)c1ccccc1. The minimum Gasteiger partial charge on any atom is -0.390 e. The van der Waals surface area contributed by atoms with Crippen LogP contribution in [0.4, 0.5) is 0 Å². The lowest BCUT2D eigenvalue weighted by atomic mass is 9.84. The zero-order chi connectivity index (χ0) is 21.7. The molecule has 0 heterocycles. The Bertz CT molecular complexity index is 892. The monoisotopic (exact) mass is 432 g/mol. The molecule has 0 amide bonds. The van der Waals surface area contributed by atoms with Crippen molar-refractivity contribution in [1.82, 2.24) is 10.6 Å². The molecule has 0 aliphatic heterocycles. The van der Waals surface area contributed by atoms with Gasteiger partial charge in [-0.1, -0.05) is 60.7 Å². The summed E-state index contributed by atoms with van der Waals surface area (Å²) in [4.78, 5) is 0. The van der Waals surface area contributed by atoms with Crippen LogP contribution in [0.5, 0.6) is 0 Å². The number of benzene rings is 2. The first-order valence-corrected chi connectivity index (χ1v) is 12.2. The molecule has 0 unspecified atom stereocenters. The smallest absolute Gasteiger partial charge is 0.264 e. The van der Waals surface area contributed by atoms with Crippen molar-refractivity contribution in [1.29, 1.82) is 0 Å². The predicted molar refractivity (Wildman–Crippen MR) is 119 cm³/mol. The molecular weight excluding hydrogens is 400 g/mol. The quantitative estimate of drug-likeness (QED) is 0.556. The highest BCUT2D eigenvalue weighted by Gasteiger charge is 2.39. The second-order valence-electron chi connectivity index (χ2n) is 8.19. The lowest BCUT2D eigenvalue weighted by Gasteiger charge is -2.42. The maximum absolute atomic E-state index is 11.7. The molecule has 30 heavy (non-hydrogen) atoms. The molecule has 6 atom stereocenters. The van der Waals surface area contributed by atoms with E-state index in [2.05, 4.69) is 48.7 Å². The first kappa shape index (κ1) is 22.9. The Morgan fingerprint density at radius 3 is 1.73 bits per heavy atom. The van der Waals surface area contributed by atoms with Gasteiger partial charge in [-0.3, -0.25) is 4.18 Å². The number of rotatable bonds is 8. The fourth-order valence-electron chi connectivity index (χ4n) is 4.16. The molecule has 0 bridgehead atoms. The van der Waals surface area contributed by atoms with Crippen LogP contribution in [0.2, 0.25) is 0 Å². The number of aliphatic hydroxyl groups excluding tert-OH is 1. The number of hydrogen-bond donors (Lipinski definition) is 3. The summed E-state index contributed by atoms with van der Waals surface area (Å²) in [7, 11) is -3.65. The third kappa shape index (κ3) is 6.36. The van der Waals surface area contributed by atoms with E-state index in [9.17, 15) is 13.5 Å². The van der Waals surface area contributed by atoms with Gasteiger partial charge in [-0.05, 0) is 37.8 Å². The van der Waals surface area contributed by atoms with Gasteiger partial charge >= 0.3 is 0 Å². The van der Waals surface area contributed by atoms with Crippen LogP contribution >= 0.6 is 0 Å². The molecule has 164 valence electrons. The maximum atomic E-state index is 11.7. The van der Waals surface area contributed by atoms with E-state index in [4.69, 9.17) is 4.18 Å². The highest BCUT2D eigenvalue weighted by Crippen LogP contribution is 2.28. The number of nitrogens with one attached hydrogen (secondary N) is 2. The molecule has 2 aromatic carbocycles. The summed E-state index contributed by atoms with van der Waals surface area (Å²) in [6.45, 7) is 4.18. The van der Waals surface area contributed by atoms with Gasteiger partial charge in [-0.25, -0.2) is 0 Å². The molecular formula is C23H32N2O4S. The second kappa shape index (κ2) is 10.0. The van der Waals surface area contributed by atoms with E-state index >= 15 is 0 Å². The van der Waals surface area contributed by atoms with E-state index in [-0.39, 0.29) is 24.2 Å². The Balaban J connectivity index is 1.77. The molecule has 1 fully saturated rings. The molecule has 0 aromatic heterocycles. The third-order valence-electron chi connectivity index (χ3n) is 5.72. The highest BCUT2D eigenvalue weighted by atomic mass is 32.2. The van der Waals surface area contributed by atoms with Gasteiger partial charge in [0, 0.05) is 24.2 Å². The van der Waals surface area contributed by atoms with Crippen molar-refractivity contribution in [3.8, 4) is 0 Å². The highest BCUT2D eigenvalue weighted by molar-refractivity contribution is 7.86. The largest absolute Gasteiger partial charge is 0.390 e. The number of hydrogen-bond acceptors (Lipinski definition) is 6. The molecule has 3 N–H and O–H groups in total. The van der Waals surface area contributed by atoms with E-state index in [1.807, 2.05) is 36.4 Å². The lowest BCUT2D eigenvalue weighted by Crippen LogP contribution is -2.58. The summed E-state index contributed by atoms with van der Waals surface area (Å²) < 4.78 is 28.5. The van der Waals surface area contributed by atoms with Crippen LogP contribution in [0.25, 0.3) is 0 Å². The van der Waals surface area contributed by atoms with Gasteiger partial charge in [0.15, 0.2) is 0 Å². The molecule has 1 saturated carbocycles. The zero-order valence-corrected chi connectivity index (χ0v) is 18.5. The molecule has 6 nitrogen and oxygen atoms in total. The van der Waals surface area contributed by atoms with E-state index in [1.54, 1.807) is 0 Å². The fourth-order valence-corrected chi connectivity index (χ4v) is 4.82. The zero-order valence-electron chi connectivity index (χ0n) is 17.7. The first-order valence-electron chi connectivity index (χ1n) is 10.4. The summed E-state index contributed by atoms with van der Waals surface area (Å²) >= 11 is 0. The minimum absolute atomic E-state index is 0.0409. The van der Waals surface area contributed by atoms with Crippen molar-refractivity contribution < 1.29 is 17.7 Å². The van der Waals surface area contributed by atoms with Gasteiger partial charge in [0.25, 0.3) is 10.1 Å². The van der Waals surface area contributed by atoms with Crippen LogP contribution in [0, 0.1) is 0 Å². The summed E-state index contributed by atoms with van der Waals surface area (Å²) in [5.41, 5.74) is 2.32. The van der Waals surface area contributed by atoms with Crippen LogP contribution in [-0.4, -0.2) is 44.1 Å². The van der Waals surface area contributed by atoms with Gasteiger partial charge in [-0.15, -0.1) is 0 Å². The summed E-state index contributed by atoms with van der Waals surface area (Å²) in [5.74, 6) is 0. The molecule has 1 aliphatic rings. The van der Waals surface area contributed by atoms with Crippen molar-refractivity contribution in [2.24, 2.45) is 0 Å². The van der Waals surface area contributed by atoms with Gasteiger partial charge in [-0.2, -0.15) is 8.42 Å². The van der Waals surface area contributed by atoms with Gasteiger partial charge in [0.1, 0.15) is 6.10 Å². The first-order chi connectivity index (χ1) is 14.2. The molecule has 3 rings (SSSR count). The Morgan fingerprint density at radius 2 is 1.30 bits per heavy atom. The second-order valence-corrected chi connectivity index (χ2v) is 9.79. The standard InChI is InChI=1S/C23H32N2O4S/c1-16(18-10-6-4-7-11-18)24-20-14-22(26)23(29-30(3,27)28)15-21(20)25-17(2)19-12-8-5-9-13-19/h4-13,16-17,20-26H,14-15H2,1-3H3/t16-,17-,20+,21+,22+,23+/m0/s1. The Morgan fingerprint density at radius 1 is 0.867 bits per heavy atom. The van der Waals surface area contributed by atoms with Crippen molar-refractivity contribution in [2.45, 2.75) is 63.1 Å². The fraction of sp³-hybridized carbons (Fsp3) is 0.478. The minimum atomic E-state index is -3.65. The van der Waals surface area contributed by atoms with Crippen molar-refractivity contribution >= 4 is 10.1 Å². The molecule has 1 aliphatic carbocycles. The number of aliphatic hydroxyl groups is 1. The van der Waals surface area contributed by atoms with E-state index in [0.717, 1.165) is 17.4 Å². The van der Waals surface area contributed by atoms with E-state index in [0.29, 0.717) is 12.8 Å². The normalized spacial score (nSPS) is 26.8. The van der Waals surface area contributed by atoms with Crippen LogP contribution in [0.15, 0.2) is 60.7 Å². The van der Waals surface area contributed by atoms with Crippen molar-refractivity contribution in [2.75, 3.05) is 6.26 Å². The summed E-state index contributed by atoms with van der Waals surface area (Å²) in [6.07, 6.45) is 0.202. The Hall–Kier alpha value is -1.77. The predicted octanol–water partition coefficient (Wildman–Crippen LogP) is 2.92. The average molecular weight is 433 g/mol. The lowest BCUT2D eigenvalue weighted by molar-refractivity contribution is -0.0141. The van der Waals surface area contributed by atoms with Crippen LogP contribution in [-0.2, 0) is 14.3 Å².